The van der Waals surface area contributed by atoms with Gasteiger partial charge in [-0.25, -0.2) is 4.79 Å². The summed E-state index contributed by atoms with van der Waals surface area (Å²) in [5.41, 5.74) is 6.31. The van der Waals surface area contributed by atoms with Crippen molar-refractivity contribution in [3.63, 3.8) is 0 Å². The lowest BCUT2D eigenvalue weighted by molar-refractivity contribution is 0.129. The van der Waals surface area contributed by atoms with Crippen molar-refractivity contribution in [3.05, 3.63) is 29.8 Å². The molecule has 5 nitrogen and oxygen atoms in total. The van der Waals surface area contributed by atoms with Crippen LogP contribution in [0, 0.1) is 0 Å². The summed E-state index contributed by atoms with van der Waals surface area (Å²) in [4.78, 5) is 13.2. The number of phenols is 1. The van der Waals surface area contributed by atoms with Crippen LogP contribution in [-0.2, 0) is 11.3 Å². The van der Waals surface area contributed by atoms with Crippen LogP contribution in [0.15, 0.2) is 24.3 Å². The van der Waals surface area contributed by atoms with E-state index in [1.165, 1.54) is 0 Å². The topological polar surface area (TPSA) is 75.8 Å². The van der Waals surface area contributed by atoms with Crippen molar-refractivity contribution >= 4 is 6.09 Å². The van der Waals surface area contributed by atoms with E-state index >= 15 is 0 Å². The molecule has 1 fully saturated rings. The van der Waals surface area contributed by atoms with Crippen molar-refractivity contribution in [2.24, 2.45) is 5.73 Å². The standard InChI is InChI=1S/C12H16N2O3/c13-5-4-11-8-14(12(16)17-11)7-9-2-1-3-10(15)6-9/h1-3,6,11,15H,4-5,7-8,13H2. The molecule has 1 saturated heterocycles. The van der Waals surface area contributed by atoms with Crippen LogP contribution in [0.4, 0.5) is 4.79 Å². The van der Waals surface area contributed by atoms with Crippen LogP contribution in [0.2, 0.25) is 0 Å². The van der Waals surface area contributed by atoms with Crippen molar-refractivity contribution in [2.45, 2.75) is 19.1 Å². The smallest absolute Gasteiger partial charge is 0.410 e. The fourth-order valence-corrected chi connectivity index (χ4v) is 1.92. The molecule has 0 aliphatic carbocycles. The molecule has 3 N–H and O–H groups in total. The van der Waals surface area contributed by atoms with E-state index in [-0.39, 0.29) is 17.9 Å². The highest BCUT2D eigenvalue weighted by Crippen LogP contribution is 2.18. The van der Waals surface area contributed by atoms with Gasteiger partial charge in [0.25, 0.3) is 0 Å². The molecule has 0 bridgehead atoms. The van der Waals surface area contributed by atoms with E-state index < -0.39 is 0 Å². The van der Waals surface area contributed by atoms with Crippen LogP contribution >= 0.6 is 0 Å². The Morgan fingerprint density at radius 1 is 1.53 bits per heavy atom. The number of rotatable bonds is 4. The zero-order chi connectivity index (χ0) is 12.3. The summed E-state index contributed by atoms with van der Waals surface area (Å²) in [6, 6.07) is 6.86. The Morgan fingerprint density at radius 3 is 3.06 bits per heavy atom. The number of carbonyl (C=O) groups excluding carboxylic acids is 1. The van der Waals surface area contributed by atoms with Crippen molar-refractivity contribution in [3.8, 4) is 5.75 Å². The molecule has 1 aromatic rings. The molecule has 1 aliphatic rings. The van der Waals surface area contributed by atoms with Gasteiger partial charge in [0.1, 0.15) is 11.9 Å². The number of ether oxygens (including phenoxy) is 1. The van der Waals surface area contributed by atoms with Crippen LogP contribution in [0.1, 0.15) is 12.0 Å². The number of nitrogens with two attached hydrogens (primary N) is 1. The minimum atomic E-state index is -0.313. The molecule has 92 valence electrons. The Labute approximate surface area is 99.8 Å². The van der Waals surface area contributed by atoms with Gasteiger partial charge in [-0.1, -0.05) is 12.1 Å². The molecule has 5 heteroatoms. The first-order valence-corrected chi connectivity index (χ1v) is 5.62. The van der Waals surface area contributed by atoms with E-state index in [0.29, 0.717) is 26.1 Å². The number of hydrogen-bond acceptors (Lipinski definition) is 4. The second-order valence-electron chi connectivity index (χ2n) is 4.13. The molecule has 2 rings (SSSR count). The second kappa shape index (κ2) is 5.05. The number of aromatic hydroxyl groups is 1. The number of phenolic OH excluding ortho intramolecular Hbond substituents is 1. The third kappa shape index (κ3) is 2.88. The molecule has 0 aromatic heterocycles. The van der Waals surface area contributed by atoms with E-state index in [9.17, 15) is 9.90 Å². The first kappa shape index (κ1) is 11.7. The van der Waals surface area contributed by atoms with E-state index in [1.54, 1.807) is 23.1 Å². The van der Waals surface area contributed by atoms with Crippen molar-refractivity contribution in [2.75, 3.05) is 13.1 Å². The van der Waals surface area contributed by atoms with Gasteiger partial charge < -0.3 is 20.5 Å². The maximum Gasteiger partial charge on any atom is 0.410 e. The first-order chi connectivity index (χ1) is 8.19. The van der Waals surface area contributed by atoms with E-state index in [1.807, 2.05) is 6.07 Å². The van der Waals surface area contributed by atoms with Crippen molar-refractivity contribution in [1.29, 1.82) is 0 Å². The molecular weight excluding hydrogens is 220 g/mol. The van der Waals surface area contributed by atoms with E-state index in [4.69, 9.17) is 10.5 Å². The molecule has 17 heavy (non-hydrogen) atoms. The maximum absolute atomic E-state index is 11.5. The predicted octanol–water partition coefficient (Wildman–Crippen LogP) is 1.06. The Morgan fingerprint density at radius 2 is 2.35 bits per heavy atom. The van der Waals surface area contributed by atoms with Gasteiger partial charge in [-0.3, -0.25) is 0 Å². The summed E-state index contributed by atoms with van der Waals surface area (Å²) in [7, 11) is 0. The molecule has 0 radical (unpaired) electrons. The summed E-state index contributed by atoms with van der Waals surface area (Å²) >= 11 is 0. The SMILES string of the molecule is NCCC1CN(Cc2cccc(O)c2)C(=O)O1. The largest absolute Gasteiger partial charge is 0.508 e. The number of nitrogens with zero attached hydrogens (tertiary/aromatic N) is 1. The van der Waals surface area contributed by atoms with Crippen LogP contribution in [0.3, 0.4) is 0 Å². The third-order valence-electron chi connectivity index (χ3n) is 2.72. The average Bonchev–Trinajstić information content (AvgIpc) is 2.60. The fraction of sp³-hybridized carbons (Fsp3) is 0.417. The van der Waals surface area contributed by atoms with Gasteiger partial charge in [-0.2, -0.15) is 0 Å². The lowest BCUT2D eigenvalue weighted by Crippen LogP contribution is -2.25. The van der Waals surface area contributed by atoms with Gasteiger partial charge in [0.2, 0.25) is 0 Å². The summed E-state index contributed by atoms with van der Waals surface area (Å²) in [6.07, 6.45) is 0.263. The number of benzene rings is 1. The molecule has 1 aromatic carbocycles. The van der Waals surface area contributed by atoms with Gasteiger partial charge in [0, 0.05) is 6.54 Å². The summed E-state index contributed by atoms with van der Waals surface area (Å²) < 4.78 is 5.16. The van der Waals surface area contributed by atoms with E-state index in [2.05, 4.69) is 0 Å². The molecule has 1 heterocycles. The average molecular weight is 236 g/mol. The number of amides is 1. The van der Waals surface area contributed by atoms with Gasteiger partial charge in [-0.15, -0.1) is 0 Å². The Kier molecular flexibility index (Phi) is 3.49. The highest BCUT2D eigenvalue weighted by atomic mass is 16.6. The number of cyclic esters (lactones) is 1. The predicted molar refractivity (Wildman–Crippen MR) is 62.5 cm³/mol. The highest BCUT2D eigenvalue weighted by molar-refractivity contribution is 5.69. The minimum absolute atomic E-state index is 0.107. The quantitative estimate of drug-likeness (QED) is 0.819. The van der Waals surface area contributed by atoms with Crippen molar-refractivity contribution < 1.29 is 14.6 Å². The lowest BCUT2D eigenvalue weighted by atomic mass is 10.2. The summed E-state index contributed by atoms with van der Waals surface area (Å²) in [5.74, 6) is 0.202. The lowest BCUT2D eigenvalue weighted by Gasteiger charge is -2.12. The zero-order valence-corrected chi connectivity index (χ0v) is 9.50. The van der Waals surface area contributed by atoms with Gasteiger partial charge in [0.05, 0.1) is 6.54 Å². The molecular formula is C12H16N2O3. The summed E-state index contributed by atoms with van der Waals surface area (Å²) in [6.45, 7) is 1.53. The Balaban J connectivity index is 1.98. The van der Waals surface area contributed by atoms with Gasteiger partial charge in [0.15, 0.2) is 0 Å². The minimum Gasteiger partial charge on any atom is -0.508 e. The zero-order valence-electron chi connectivity index (χ0n) is 9.50. The fourth-order valence-electron chi connectivity index (χ4n) is 1.92. The normalized spacial score (nSPS) is 19.5. The molecule has 0 spiro atoms. The Hall–Kier alpha value is -1.75. The van der Waals surface area contributed by atoms with Crippen LogP contribution < -0.4 is 5.73 Å². The molecule has 1 unspecified atom stereocenters. The second-order valence-corrected chi connectivity index (χ2v) is 4.13. The molecule has 0 saturated carbocycles. The molecule has 1 atom stereocenters. The number of carbonyl (C=O) groups is 1. The highest BCUT2D eigenvalue weighted by Gasteiger charge is 2.30. The summed E-state index contributed by atoms with van der Waals surface area (Å²) in [5, 5.41) is 9.34. The van der Waals surface area contributed by atoms with Crippen LogP contribution in [0.25, 0.3) is 0 Å². The molecule has 1 amide bonds. The number of hydrogen-bond donors (Lipinski definition) is 2. The van der Waals surface area contributed by atoms with Crippen LogP contribution in [0.5, 0.6) is 5.75 Å². The monoisotopic (exact) mass is 236 g/mol. The van der Waals surface area contributed by atoms with Crippen LogP contribution in [-0.4, -0.2) is 35.3 Å². The maximum atomic E-state index is 11.5. The molecule has 1 aliphatic heterocycles. The first-order valence-electron chi connectivity index (χ1n) is 5.62. The van der Waals surface area contributed by atoms with E-state index in [0.717, 1.165) is 5.56 Å². The van der Waals surface area contributed by atoms with Gasteiger partial charge in [-0.05, 0) is 30.7 Å². The Bertz CT molecular complexity index is 408. The van der Waals surface area contributed by atoms with Gasteiger partial charge >= 0.3 is 6.09 Å². The third-order valence-corrected chi connectivity index (χ3v) is 2.72. The van der Waals surface area contributed by atoms with Crippen molar-refractivity contribution in [1.82, 2.24) is 4.90 Å².